The Labute approximate surface area is 145 Å². The first-order valence-electron chi connectivity index (χ1n) is 7.62. The van der Waals surface area contributed by atoms with Gasteiger partial charge in [0.05, 0.1) is 5.69 Å². The Morgan fingerprint density at radius 1 is 0.923 bits per heavy atom. The molecule has 0 aliphatic heterocycles. The lowest BCUT2D eigenvalue weighted by Gasteiger charge is -2.03. The van der Waals surface area contributed by atoms with Crippen LogP contribution in [0.5, 0.6) is 5.75 Å². The van der Waals surface area contributed by atoms with E-state index in [0.29, 0.717) is 28.3 Å². The third kappa shape index (κ3) is 3.21. The van der Waals surface area contributed by atoms with Gasteiger partial charge in [0.1, 0.15) is 18.2 Å². The zero-order chi connectivity index (χ0) is 18.1. The van der Waals surface area contributed by atoms with Gasteiger partial charge in [-0.3, -0.25) is 4.40 Å². The van der Waals surface area contributed by atoms with Crippen LogP contribution in [0.3, 0.4) is 0 Å². The molecule has 0 N–H and O–H groups in total. The van der Waals surface area contributed by atoms with Crippen LogP contribution in [0.1, 0.15) is 5.69 Å². The Morgan fingerprint density at radius 3 is 2.46 bits per heavy atom. The van der Waals surface area contributed by atoms with Crippen molar-refractivity contribution in [3.8, 4) is 16.9 Å². The fourth-order valence-electron chi connectivity index (χ4n) is 2.42. The molecule has 8 heteroatoms. The van der Waals surface area contributed by atoms with E-state index in [1.807, 2.05) is 0 Å². The van der Waals surface area contributed by atoms with E-state index in [4.69, 9.17) is 4.74 Å². The lowest BCUT2D eigenvalue weighted by atomic mass is 10.1. The fraction of sp³-hybridized carbons (Fsp3) is 0.0556. The summed E-state index contributed by atoms with van der Waals surface area (Å²) >= 11 is 0. The average molecular weight is 356 g/mol. The molecule has 0 aliphatic rings. The molecule has 0 unspecified atom stereocenters. The Morgan fingerprint density at radius 2 is 1.69 bits per heavy atom. The summed E-state index contributed by atoms with van der Waals surface area (Å²) in [5.74, 6) is -1.56. The number of ether oxygens (including phenoxy) is 1. The zero-order valence-electron chi connectivity index (χ0n) is 13.2. The Bertz CT molecular complexity index is 1080. The van der Waals surface area contributed by atoms with E-state index in [9.17, 15) is 13.2 Å². The van der Waals surface area contributed by atoms with Crippen LogP contribution in [0.4, 0.5) is 13.2 Å². The molecule has 4 rings (SSSR count). The van der Waals surface area contributed by atoms with E-state index in [1.165, 1.54) is 36.7 Å². The van der Waals surface area contributed by atoms with E-state index in [0.717, 1.165) is 6.07 Å². The highest BCUT2D eigenvalue weighted by Crippen LogP contribution is 2.20. The van der Waals surface area contributed by atoms with Crippen LogP contribution < -0.4 is 4.74 Å². The van der Waals surface area contributed by atoms with Crippen LogP contribution in [0.15, 0.2) is 55.1 Å². The molecule has 1 aromatic carbocycles. The van der Waals surface area contributed by atoms with Gasteiger partial charge in [-0.05, 0) is 30.3 Å². The number of fused-ring (bicyclic) bond motifs is 1. The van der Waals surface area contributed by atoms with Gasteiger partial charge in [-0.25, -0.2) is 23.7 Å². The van der Waals surface area contributed by atoms with Crippen LogP contribution >= 0.6 is 0 Å². The molecule has 3 aromatic heterocycles. The van der Waals surface area contributed by atoms with Gasteiger partial charge in [0.15, 0.2) is 5.82 Å². The maximum atomic E-state index is 13.4. The monoisotopic (exact) mass is 356 g/mol. The highest BCUT2D eigenvalue weighted by molar-refractivity contribution is 5.61. The Hall–Kier alpha value is -3.42. The highest BCUT2D eigenvalue weighted by Gasteiger charge is 2.09. The van der Waals surface area contributed by atoms with Gasteiger partial charge in [0, 0.05) is 35.9 Å². The normalized spacial score (nSPS) is 11.0. The summed E-state index contributed by atoms with van der Waals surface area (Å²) in [6.45, 7) is 0.178. The lowest BCUT2D eigenvalue weighted by molar-refractivity contribution is 0.301. The van der Waals surface area contributed by atoms with Crippen molar-refractivity contribution >= 4 is 5.78 Å². The van der Waals surface area contributed by atoms with Crippen molar-refractivity contribution in [1.82, 2.24) is 19.4 Å². The molecule has 0 amide bonds. The largest absolute Gasteiger partial charge is 0.487 e. The predicted octanol–water partition coefficient (Wildman–Crippen LogP) is 3.79. The van der Waals surface area contributed by atoms with E-state index in [-0.39, 0.29) is 12.4 Å². The first-order chi connectivity index (χ1) is 12.6. The molecule has 3 heterocycles. The van der Waals surface area contributed by atoms with Gasteiger partial charge in [-0.1, -0.05) is 0 Å². The molecule has 0 saturated heterocycles. The van der Waals surface area contributed by atoms with Crippen molar-refractivity contribution in [3.05, 3.63) is 78.4 Å². The minimum absolute atomic E-state index is 0.178. The third-order valence-electron chi connectivity index (χ3n) is 3.69. The maximum Gasteiger partial charge on any atom is 0.248 e. The lowest BCUT2D eigenvalue weighted by Crippen LogP contribution is -1.95. The van der Waals surface area contributed by atoms with Gasteiger partial charge >= 0.3 is 0 Å². The van der Waals surface area contributed by atoms with Crippen molar-refractivity contribution in [1.29, 1.82) is 0 Å². The summed E-state index contributed by atoms with van der Waals surface area (Å²) < 4.78 is 46.4. The molecular formula is C18H11F3N4O. The average Bonchev–Trinajstić information content (AvgIpc) is 3.05. The van der Waals surface area contributed by atoms with Crippen molar-refractivity contribution in [2.75, 3.05) is 0 Å². The first kappa shape index (κ1) is 16.1. The van der Waals surface area contributed by atoms with Crippen LogP contribution in [0.25, 0.3) is 16.9 Å². The van der Waals surface area contributed by atoms with Crippen molar-refractivity contribution in [2.24, 2.45) is 0 Å². The van der Waals surface area contributed by atoms with Gasteiger partial charge in [-0.15, -0.1) is 0 Å². The van der Waals surface area contributed by atoms with Crippen molar-refractivity contribution in [3.63, 3.8) is 0 Å². The third-order valence-corrected chi connectivity index (χ3v) is 3.69. The van der Waals surface area contributed by atoms with Gasteiger partial charge in [0.2, 0.25) is 11.7 Å². The molecule has 5 nitrogen and oxygen atoms in total. The molecule has 0 radical (unpaired) electrons. The summed E-state index contributed by atoms with van der Waals surface area (Å²) in [7, 11) is 0. The quantitative estimate of drug-likeness (QED) is 0.522. The number of hydrogen-bond acceptors (Lipinski definition) is 4. The molecule has 0 atom stereocenters. The summed E-state index contributed by atoms with van der Waals surface area (Å²) in [6.07, 6.45) is 6.13. The summed E-state index contributed by atoms with van der Waals surface area (Å²) in [5, 5.41) is 0. The summed E-state index contributed by atoms with van der Waals surface area (Å²) in [6, 6.07) is 6.72. The Balaban J connectivity index is 1.57. The molecular weight excluding hydrogens is 345 g/mol. The summed E-state index contributed by atoms with van der Waals surface area (Å²) in [5.41, 5.74) is 1.57. The second-order valence-corrected chi connectivity index (χ2v) is 5.52. The number of pyridine rings is 1. The molecule has 26 heavy (non-hydrogen) atoms. The molecule has 0 saturated carbocycles. The number of imidazole rings is 1. The predicted molar refractivity (Wildman–Crippen MR) is 86.9 cm³/mol. The number of hydrogen-bond donors (Lipinski definition) is 0. The number of benzene rings is 1. The molecule has 130 valence electrons. The highest BCUT2D eigenvalue weighted by atomic mass is 19.2. The van der Waals surface area contributed by atoms with Crippen molar-refractivity contribution in [2.45, 2.75) is 6.61 Å². The molecule has 0 fully saturated rings. The van der Waals surface area contributed by atoms with Crippen LogP contribution in [-0.4, -0.2) is 19.4 Å². The number of halogens is 3. The topological polar surface area (TPSA) is 52.3 Å². The molecule has 0 bridgehead atoms. The van der Waals surface area contributed by atoms with E-state index >= 15 is 0 Å². The molecule has 0 spiro atoms. The van der Waals surface area contributed by atoms with E-state index in [2.05, 4.69) is 15.0 Å². The molecule has 0 aliphatic carbocycles. The van der Waals surface area contributed by atoms with E-state index < -0.39 is 11.8 Å². The van der Waals surface area contributed by atoms with Crippen LogP contribution in [0.2, 0.25) is 0 Å². The number of rotatable bonds is 4. The second-order valence-electron chi connectivity index (χ2n) is 5.52. The number of aromatic nitrogens is 4. The number of nitrogens with zero attached hydrogens (tertiary/aromatic N) is 4. The Kier molecular flexibility index (Phi) is 4.00. The zero-order valence-corrected chi connectivity index (χ0v) is 13.2. The minimum atomic E-state index is -1.15. The smallest absolute Gasteiger partial charge is 0.248 e. The minimum Gasteiger partial charge on any atom is -0.487 e. The fourth-order valence-corrected chi connectivity index (χ4v) is 2.42. The summed E-state index contributed by atoms with van der Waals surface area (Å²) in [4.78, 5) is 11.9. The standard InChI is InChI=1S/C18H11F3N4O/c19-13-1-3-15(4-2-13)26-10-14-9-25-8-12(7-23-18(25)24-14)11-5-16(20)17(21)22-6-11/h1-9H,10H2. The van der Waals surface area contributed by atoms with Crippen LogP contribution in [0, 0.1) is 17.6 Å². The maximum absolute atomic E-state index is 13.4. The van der Waals surface area contributed by atoms with Crippen LogP contribution in [-0.2, 0) is 6.61 Å². The second kappa shape index (κ2) is 6.47. The SMILES string of the molecule is Fc1ccc(OCc2cn3cc(-c4cnc(F)c(F)c4)cnc3n2)cc1. The first-order valence-corrected chi connectivity index (χ1v) is 7.62. The van der Waals surface area contributed by atoms with Gasteiger partial charge in [-0.2, -0.15) is 4.39 Å². The van der Waals surface area contributed by atoms with E-state index in [1.54, 1.807) is 16.8 Å². The van der Waals surface area contributed by atoms with Gasteiger partial charge in [0.25, 0.3) is 0 Å². The van der Waals surface area contributed by atoms with Gasteiger partial charge < -0.3 is 4.74 Å². The van der Waals surface area contributed by atoms with Crippen molar-refractivity contribution < 1.29 is 17.9 Å². The molecule has 4 aromatic rings.